The normalized spacial score (nSPS) is 11.1. The Hall–Kier alpha value is -1.92. The fraction of sp³-hybridized carbons (Fsp3) is 0.133. The van der Waals surface area contributed by atoms with E-state index in [-0.39, 0.29) is 9.88 Å². The molecule has 0 saturated carbocycles. The highest BCUT2D eigenvalue weighted by molar-refractivity contribution is 7.92. The van der Waals surface area contributed by atoms with E-state index in [2.05, 4.69) is 4.72 Å². The van der Waals surface area contributed by atoms with Gasteiger partial charge in [0, 0.05) is 5.56 Å². The molecule has 2 rings (SSSR count). The number of nitrogens with one attached hydrogen (secondary N) is 1. The summed E-state index contributed by atoms with van der Waals surface area (Å²) in [4.78, 5) is 0.483. The summed E-state index contributed by atoms with van der Waals surface area (Å²) < 4.78 is 27.6. The van der Waals surface area contributed by atoms with Gasteiger partial charge in [-0.05, 0) is 37.1 Å². The highest BCUT2D eigenvalue weighted by atomic mass is 32.2. The first-order chi connectivity index (χ1) is 9.81. The number of nitrogens with two attached hydrogens (primary N) is 1. The van der Waals surface area contributed by atoms with E-state index in [0.29, 0.717) is 16.8 Å². The van der Waals surface area contributed by atoms with Gasteiger partial charge >= 0.3 is 0 Å². The Kier molecular flexibility index (Phi) is 4.29. The number of aryl methyl sites for hydroxylation is 2. The van der Waals surface area contributed by atoms with Crippen molar-refractivity contribution < 1.29 is 8.42 Å². The Morgan fingerprint density at radius 2 is 1.76 bits per heavy atom. The van der Waals surface area contributed by atoms with Crippen molar-refractivity contribution in [1.82, 2.24) is 0 Å². The fourth-order valence-corrected chi connectivity index (χ4v) is 3.44. The van der Waals surface area contributed by atoms with Crippen LogP contribution in [0.4, 0.5) is 5.69 Å². The van der Waals surface area contributed by atoms with Gasteiger partial charge < -0.3 is 5.73 Å². The lowest BCUT2D eigenvalue weighted by atomic mass is 10.1. The van der Waals surface area contributed by atoms with Crippen LogP contribution in [0.2, 0.25) is 0 Å². The molecule has 2 aromatic carbocycles. The number of thiocarbonyl (C=S) groups is 1. The SMILES string of the molecule is Cc1ccc(C(N)=S)cc1NS(=O)(=O)c1ccccc1C. The van der Waals surface area contributed by atoms with Gasteiger partial charge in [0.2, 0.25) is 0 Å². The van der Waals surface area contributed by atoms with E-state index in [1.54, 1.807) is 49.4 Å². The molecule has 0 heterocycles. The molecule has 0 aliphatic rings. The average molecular weight is 320 g/mol. The largest absolute Gasteiger partial charge is 0.389 e. The third-order valence-corrected chi connectivity index (χ3v) is 4.91. The van der Waals surface area contributed by atoms with E-state index < -0.39 is 10.0 Å². The van der Waals surface area contributed by atoms with Crippen molar-refractivity contribution >= 4 is 32.9 Å². The molecule has 0 aromatic heterocycles. The van der Waals surface area contributed by atoms with Crippen LogP contribution >= 0.6 is 12.2 Å². The Bertz CT molecular complexity index is 799. The van der Waals surface area contributed by atoms with Gasteiger partial charge in [-0.2, -0.15) is 0 Å². The molecule has 0 spiro atoms. The molecule has 3 N–H and O–H groups in total. The predicted molar refractivity (Wildman–Crippen MR) is 89.1 cm³/mol. The highest BCUT2D eigenvalue weighted by Crippen LogP contribution is 2.22. The van der Waals surface area contributed by atoms with E-state index in [4.69, 9.17) is 18.0 Å². The lowest BCUT2D eigenvalue weighted by Gasteiger charge is -2.13. The Balaban J connectivity index is 2.44. The summed E-state index contributed by atoms with van der Waals surface area (Å²) in [5, 5.41) is 0. The minimum absolute atomic E-state index is 0.228. The molecule has 110 valence electrons. The Labute approximate surface area is 130 Å². The summed E-state index contributed by atoms with van der Waals surface area (Å²) in [6.45, 7) is 3.58. The van der Waals surface area contributed by atoms with Gasteiger partial charge in [0.05, 0.1) is 10.6 Å². The molecule has 21 heavy (non-hydrogen) atoms. The Morgan fingerprint density at radius 3 is 2.38 bits per heavy atom. The predicted octanol–water partition coefficient (Wildman–Crippen LogP) is 2.74. The van der Waals surface area contributed by atoms with E-state index in [0.717, 1.165) is 5.56 Å². The third kappa shape index (κ3) is 3.40. The molecule has 0 saturated heterocycles. The minimum atomic E-state index is -3.64. The Morgan fingerprint density at radius 1 is 1.10 bits per heavy atom. The van der Waals surface area contributed by atoms with Gasteiger partial charge in [0.25, 0.3) is 10.0 Å². The van der Waals surface area contributed by atoms with Crippen molar-refractivity contribution in [3.05, 3.63) is 59.2 Å². The van der Waals surface area contributed by atoms with Gasteiger partial charge in [0.15, 0.2) is 0 Å². The van der Waals surface area contributed by atoms with E-state index in [1.165, 1.54) is 0 Å². The zero-order valence-corrected chi connectivity index (χ0v) is 13.4. The topological polar surface area (TPSA) is 72.2 Å². The molecular weight excluding hydrogens is 304 g/mol. The number of hydrogen-bond donors (Lipinski definition) is 2. The average Bonchev–Trinajstić information content (AvgIpc) is 2.41. The maximum Gasteiger partial charge on any atom is 0.262 e. The minimum Gasteiger partial charge on any atom is -0.389 e. The fourth-order valence-electron chi connectivity index (χ4n) is 1.94. The molecular formula is C15H16N2O2S2. The summed E-state index contributed by atoms with van der Waals surface area (Å²) in [7, 11) is -3.64. The second-order valence-corrected chi connectivity index (χ2v) is 6.86. The van der Waals surface area contributed by atoms with Crippen molar-refractivity contribution in [3.63, 3.8) is 0 Å². The van der Waals surface area contributed by atoms with E-state index in [9.17, 15) is 8.42 Å². The van der Waals surface area contributed by atoms with Crippen molar-refractivity contribution in [2.45, 2.75) is 18.7 Å². The number of benzene rings is 2. The first kappa shape index (κ1) is 15.5. The summed E-state index contributed by atoms with van der Waals surface area (Å²) >= 11 is 4.92. The van der Waals surface area contributed by atoms with Crippen LogP contribution in [0.25, 0.3) is 0 Å². The van der Waals surface area contributed by atoms with Gasteiger partial charge in [-0.3, -0.25) is 4.72 Å². The molecule has 0 aliphatic heterocycles. The lowest BCUT2D eigenvalue weighted by molar-refractivity contribution is 0.600. The molecule has 0 aliphatic carbocycles. The molecule has 0 bridgehead atoms. The summed E-state index contributed by atoms with van der Waals surface area (Å²) in [6.07, 6.45) is 0. The first-order valence-electron chi connectivity index (χ1n) is 6.30. The smallest absolute Gasteiger partial charge is 0.262 e. The standard InChI is InChI=1S/C15H16N2O2S2/c1-10-7-8-12(15(16)20)9-13(10)17-21(18,19)14-6-4-3-5-11(14)2/h3-9,17H,1-2H3,(H2,16,20). The number of sulfonamides is 1. The van der Waals surface area contributed by atoms with Crippen molar-refractivity contribution in [1.29, 1.82) is 0 Å². The first-order valence-corrected chi connectivity index (χ1v) is 8.19. The molecule has 0 unspecified atom stereocenters. The highest BCUT2D eigenvalue weighted by Gasteiger charge is 2.17. The van der Waals surface area contributed by atoms with Crippen LogP contribution in [0.1, 0.15) is 16.7 Å². The van der Waals surface area contributed by atoms with Crippen LogP contribution < -0.4 is 10.5 Å². The van der Waals surface area contributed by atoms with Gasteiger partial charge in [-0.25, -0.2) is 8.42 Å². The molecule has 0 fully saturated rings. The third-order valence-electron chi connectivity index (χ3n) is 3.15. The lowest BCUT2D eigenvalue weighted by Crippen LogP contribution is -2.16. The van der Waals surface area contributed by atoms with Gasteiger partial charge in [-0.1, -0.05) is 42.5 Å². The van der Waals surface area contributed by atoms with E-state index in [1.807, 2.05) is 6.92 Å². The summed E-state index contributed by atoms with van der Waals surface area (Å²) in [6, 6.07) is 12.0. The van der Waals surface area contributed by atoms with Crippen LogP contribution in [-0.4, -0.2) is 13.4 Å². The maximum absolute atomic E-state index is 12.5. The van der Waals surface area contributed by atoms with Crippen LogP contribution in [0.15, 0.2) is 47.4 Å². The van der Waals surface area contributed by atoms with Crippen molar-refractivity contribution in [3.8, 4) is 0 Å². The summed E-state index contributed by atoms with van der Waals surface area (Å²) in [5.74, 6) is 0. The molecule has 6 heteroatoms. The van der Waals surface area contributed by atoms with Crippen LogP contribution in [0, 0.1) is 13.8 Å². The molecule has 0 amide bonds. The molecule has 4 nitrogen and oxygen atoms in total. The van der Waals surface area contributed by atoms with Crippen LogP contribution in [0.3, 0.4) is 0 Å². The quantitative estimate of drug-likeness (QED) is 0.850. The molecule has 0 radical (unpaired) electrons. The monoisotopic (exact) mass is 320 g/mol. The van der Waals surface area contributed by atoms with E-state index >= 15 is 0 Å². The second-order valence-electron chi connectivity index (χ2n) is 4.76. The molecule has 2 aromatic rings. The molecule has 0 atom stereocenters. The zero-order valence-electron chi connectivity index (χ0n) is 11.8. The zero-order chi connectivity index (χ0) is 15.6. The second kappa shape index (κ2) is 5.83. The van der Waals surface area contributed by atoms with Crippen LogP contribution in [-0.2, 0) is 10.0 Å². The number of rotatable bonds is 4. The van der Waals surface area contributed by atoms with Crippen LogP contribution in [0.5, 0.6) is 0 Å². The van der Waals surface area contributed by atoms with Gasteiger partial charge in [-0.15, -0.1) is 0 Å². The van der Waals surface area contributed by atoms with Crippen molar-refractivity contribution in [2.75, 3.05) is 4.72 Å². The summed E-state index contributed by atoms with van der Waals surface area (Å²) in [5.41, 5.74) is 8.17. The van der Waals surface area contributed by atoms with Crippen molar-refractivity contribution in [2.24, 2.45) is 5.73 Å². The maximum atomic E-state index is 12.5. The number of anilines is 1. The number of hydrogen-bond acceptors (Lipinski definition) is 3. The van der Waals surface area contributed by atoms with Gasteiger partial charge in [0.1, 0.15) is 4.99 Å².